The fourth-order valence-corrected chi connectivity index (χ4v) is 15.8. The van der Waals surface area contributed by atoms with E-state index in [4.69, 9.17) is 9.47 Å². The molecule has 6 fully saturated rings. The van der Waals surface area contributed by atoms with Gasteiger partial charge < -0.3 is 9.47 Å². The zero-order valence-corrected chi connectivity index (χ0v) is 33.6. The van der Waals surface area contributed by atoms with Crippen LogP contribution in [-0.4, -0.2) is 35.3 Å². The summed E-state index contributed by atoms with van der Waals surface area (Å²) in [6.07, 6.45) is 16.8. The van der Waals surface area contributed by atoms with Crippen molar-refractivity contribution < 1.29 is 28.7 Å². The number of ether oxygens (including phenoxy) is 2. The van der Waals surface area contributed by atoms with Crippen molar-refractivity contribution in [2.75, 3.05) is 0 Å². The number of benzene rings is 1. The Morgan fingerprint density at radius 1 is 0.556 bits per heavy atom. The molecule has 0 bridgehead atoms. The Morgan fingerprint density at radius 3 is 1.31 bits per heavy atom. The molecule has 6 heteroatoms. The van der Waals surface area contributed by atoms with E-state index >= 15 is 0 Å². The van der Waals surface area contributed by atoms with Gasteiger partial charge in [0.25, 0.3) is 0 Å². The smallest absolute Gasteiger partial charge is 0.159 e. The van der Waals surface area contributed by atoms with Crippen LogP contribution in [-0.2, 0) is 19.2 Å². The van der Waals surface area contributed by atoms with Crippen LogP contribution < -0.4 is 9.47 Å². The summed E-state index contributed by atoms with van der Waals surface area (Å²) in [5, 5.41) is 0. The highest BCUT2D eigenvalue weighted by molar-refractivity contribution is 5.93. The second-order valence-electron chi connectivity index (χ2n) is 20.3. The fourth-order valence-electron chi connectivity index (χ4n) is 15.8. The average Bonchev–Trinajstić information content (AvgIpc) is 3.67. The third kappa shape index (κ3) is 5.22. The number of carbonyl (C=O) groups excluding carboxylic acids is 4. The van der Waals surface area contributed by atoms with Gasteiger partial charge >= 0.3 is 0 Å². The molecule has 9 rings (SSSR count). The minimum atomic E-state index is -0.240. The summed E-state index contributed by atoms with van der Waals surface area (Å²) in [6.45, 7) is 13.1. The van der Waals surface area contributed by atoms with Gasteiger partial charge in [0.15, 0.2) is 11.6 Å². The SMILES string of the molecule is CC(=O)[C@H]1CC[C@H]2[C@@H]3CCC4=CC(=O)CC(Oc5ccc(OC6CC(=O)C=C7CC[C@H]8[C@@H]9CC[C@H](C(C)=O)[C@@]9(C)CC[C@@H]8[C@]76C)cc5)[C@]4(C)[C@H]3CC[C@]12C. The lowest BCUT2D eigenvalue weighted by Gasteiger charge is -2.59. The molecule has 0 radical (unpaired) electrons. The topological polar surface area (TPSA) is 86.7 Å². The van der Waals surface area contributed by atoms with Gasteiger partial charge in [0, 0.05) is 35.5 Å². The van der Waals surface area contributed by atoms with Crippen LogP contribution in [0.25, 0.3) is 0 Å². The first-order valence-corrected chi connectivity index (χ1v) is 21.6. The Morgan fingerprint density at radius 2 is 0.944 bits per heavy atom. The highest BCUT2D eigenvalue weighted by Gasteiger charge is 2.64. The molecule has 54 heavy (non-hydrogen) atoms. The van der Waals surface area contributed by atoms with Gasteiger partial charge in [-0.15, -0.1) is 0 Å². The standard InChI is InChI=1S/C48H62O6/c1-27(49)37-15-17-39-35-13-7-29-23-31(51)25-43(47(29,5)41(35)19-21-45(37,39)3)53-33-9-11-34(12-10-33)54-44-26-32(52)24-30-8-14-36-40-18-16-38(28(2)50)46(40,4)22-20-42(36)48(30,44)6/h9-12,23-24,35-44H,7-8,13-22,25-26H2,1-6H3/t35-,36-,37+,38+,39-,40-,41-,42-,43?,44?,45+,46+,47-,48-/m0/s1. The summed E-state index contributed by atoms with van der Waals surface area (Å²) < 4.78 is 13.8. The predicted octanol–water partition coefficient (Wildman–Crippen LogP) is 9.88. The summed E-state index contributed by atoms with van der Waals surface area (Å²) in [4.78, 5) is 51.8. The van der Waals surface area contributed by atoms with E-state index in [1.807, 2.05) is 36.4 Å². The molecule has 6 nitrogen and oxygen atoms in total. The molecule has 8 aliphatic carbocycles. The molecule has 0 aromatic heterocycles. The second kappa shape index (κ2) is 12.7. The van der Waals surface area contributed by atoms with E-state index in [-0.39, 0.29) is 57.3 Å². The van der Waals surface area contributed by atoms with Gasteiger partial charge in [-0.25, -0.2) is 0 Å². The van der Waals surface area contributed by atoms with Gasteiger partial charge in [0.05, 0.1) is 0 Å². The molecule has 8 aliphatic rings. The second-order valence-corrected chi connectivity index (χ2v) is 20.3. The van der Waals surface area contributed by atoms with Crippen molar-refractivity contribution in [2.45, 2.75) is 144 Å². The summed E-state index contributed by atoms with van der Waals surface area (Å²) in [5.41, 5.74) is 2.25. The van der Waals surface area contributed by atoms with Crippen LogP contribution in [0.4, 0.5) is 0 Å². The zero-order valence-electron chi connectivity index (χ0n) is 33.6. The monoisotopic (exact) mass is 734 g/mol. The molecule has 2 unspecified atom stereocenters. The number of Topliss-reactive ketones (excluding diaryl/α,β-unsaturated/α-hetero) is 2. The Labute approximate surface area is 322 Å². The molecule has 0 spiro atoms. The van der Waals surface area contributed by atoms with Crippen molar-refractivity contribution in [1.29, 1.82) is 0 Å². The number of ketones is 4. The Balaban J connectivity index is 0.937. The zero-order chi connectivity index (χ0) is 37.9. The first kappa shape index (κ1) is 36.6. The molecular formula is C48H62O6. The lowest BCUT2D eigenvalue weighted by Crippen LogP contribution is -2.56. The van der Waals surface area contributed by atoms with E-state index < -0.39 is 0 Å². The minimum absolute atomic E-state index is 0.0863. The van der Waals surface area contributed by atoms with E-state index in [9.17, 15) is 19.2 Å². The van der Waals surface area contributed by atoms with Crippen molar-refractivity contribution in [3.8, 4) is 11.5 Å². The number of fused-ring (bicyclic) bond motifs is 10. The van der Waals surface area contributed by atoms with Gasteiger partial charge in [-0.3, -0.25) is 19.2 Å². The highest BCUT2D eigenvalue weighted by Crippen LogP contribution is 2.68. The lowest BCUT2D eigenvalue weighted by atomic mass is 9.46. The molecule has 290 valence electrons. The van der Waals surface area contributed by atoms with Crippen LogP contribution in [0.1, 0.15) is 131 Å². The highest BCUT2D eigenvalue weighted by atomic mass is 16.5. The number of rotatable bonds is 6. The van der Waals surface area contributed by atoms with E-state index in [0.29, 0.717) is 59.9 Å². The molecular weight excluding hydrogens is 673 g/mol. The van der Waals surface area contributed by atoms with Gasteiger partial charge in [-0.1, -0.05) is 38.8 Å². The first-order chi connectivity index (χ1) is 25.7. The number of hydrogen-bond acceptors (Lipinski definition) is 6. The van der Waals surface area contributed by atoms with Crippen molar-refractivity contribution >= 4 is 23.1 Å². The van der Waals surface area contributed by atoms with Crippen molar-refractivity contribution in [2.24, 2.45) is 69.0 Å². The molecule has 0 aliphatic heterocycles. The summed E-state index contributed by atoms with van der Waals surface area (Å²) in [6, 6.07) is 7.98. The van der Waals surface area contributed by atoms with Crippen molar-refractivity contribution in [3.05, 3.63) is 47.6 Å². The maximum absolute atomic E-state index is 13.2. The fraction of sp³-hybridized carbons (Fsp3) is 0.708. The first-order valence-electron chi connectivity index (χ1n) is 21.6. The number of carbonyl (C=O) groups is 4. The molecule has 0 N–H and O–H groups in total. The third-order valence-electron chi connectivity index (χ3n) is 18.4. The van der Waals surface area contributed by atoms with Crippen LogP contribution in [0.15, 0.2) is 47.6 Å². The molecule has 14 atom stereocenters. The van der Waals surface area contributed by atoms with E-state index in [1.54, 1.807) is 13.8 Å². The average molecular weight is 735 g/mol. The van der Waals surface area contributed by atoms with E-state index in [2.05, 4.69) is 27.7 Å². The number of hydrogen-bond donors (Lipinski definition) is 0. The van der Waals surface area contributed by atoms with Gasteiger partial charge in [0.1, 0.15) is 35.3 Å². The van der Waals surface area contributed by atoms with Crippen molar-refractivity contribution in [1.82, 2.24) is 0 Å². The molecule has 0 saturated heterocycles. The molecule has 6 saturated carbocycles. The van der Waals surface area contributed by atoms with E-state index in [1.165, 1.54) is 11.1 Å². The van der Waals surface area contributed by atoms with Crippen LogP contribution >= 0.6 is 0 Å². The van der Waals surface area contributed by atoms with Crippen LogP contribution in [0, 0.1) is 69.0 Å². The third-order valence-corrected chi connectivity index (χ3v) is 18.4. The van der Waals surface area contributed by atoms with Crippen LogP contribution in [0.3, 0.4) is 0 Å². The predicted molar refractivity (Wildman–Crippen MR) is 208 cm³/mol. The quantitative estimate of drug-likeness (QED) is 0.289. The maximum Gasteiger partial charge on any atom is 0.159 e. The van der Waals surface area contributed by atoms with E-state index in [0.717, 1.165) is 88.5 Å². The maximum atomic E-state index is 13.2. The normalized spacial score (nSPS) is 46.4. The largest absolute Gasteiger partial charge is 0.489 e. The molecule has 1 aromatic rings. The molecule has 0 heterocycles. The summed E-state index contributed by atoms with van der Waals surface area (Å²) >= 11 is 0. The molecule has 1 aromatic carbocycles. The summed E-state index contributed by atoms with van der Waals surface area (Å²) in [7, 11) is 0. The Kier molecular flexibility index (Phi) is 8.64. The Hall–Kier alpha value is -3.02. The Bertz CT molecular complexity index is 1690. The van der Waals surface area contributed by atoms with Gasteiger partial charge in [-0.2, -0.15) is 0 Å². The lowest BCUT2D eigenvalue weighted by molar-refractivity contribution is -0.133. The van der Waals surface area contributed by atoms with Crippen LogP contribution in [0.2, 0.25) is 0 Å². The van der Waals surface area contributed by atoms with Crippen LogP contribution in [0.5, 0.6) is 11.5 Å². The van der Waals surface area contributed by atoms with Gasteiger partial charge in [-0.05, 0) is 174 Å². The summed E-state index contributed by atoms with van der Waals surface area (Å²) in [5.74, 6) is 5.95. The minimum Gasteiger partial charge on any atom is -0.489 e. The van der Waals surface area contributed by atoms with Gasteiger partial charge in [0.2, 0.25) is 0 Å². The van der Waals surface area contributed by atoms with Crippen molar-refractivity contribution in [3.63, 3.8) is 0 Å². The molecule has 0 amide bonds.